The molecule has 1 N–H and O–H groups in total. The molecular formula is C23H30N2O3S. The van der Waals surface area contributed by atoms with E-state index in [0.717, 1.165) is 0 Å². The molecule has 2 aromatic carbocycles. The van der Waals surface area contributed by atoms with Gasteiger partial charge in [-0.25, -0.2) is 8.42 Å². The van der Waals surface area contributed by atoms with E-state index in [2.05, 4.69) is 4.72 Å². The molecular weight excluding hydrogens is 384 g/mol. The number of carbonyl (C=O) groups is 1. The van der Waals surface area contributed by atoms with Crippen molar-refractivity contribution in [3.63, 3.8) is 0 Å². The predicted molar refractivity (Wildman–Crippen MR) is 117 cm³/mol. The second kappa shape index (κ2) is 9.44. The molecule has 156 valence electrons. The number of nitrogens with zero attached hydrogens (tertiary/aromatic N) is 1. The molecule has 0 bridgehead atoms. The van der Waals surface area contributed by atoms with Gasteiger partial charge in [0.15, 0.2) is 0 Å². The van der Waals surface area contributed by atoms with Crippen LogP contribution >= 0.6 is 0 Å². The Kier molecular flexibility index (Phi) is 6.96. The molecule has 6 heteroatoms. The molecule has 0 spiro atoms. The van der Waals surface area contributed by atoms with Crippen molar-refractivity contribution in [2.75, 3.05) is 17.8 Å². The van der Waals surface area contributed by atoms with Gasteiger partial charge in [0, 0.05) is 24.3 Å². The quantitative estimate of drug-likeness (QED) is 0.692. The normalized spacial score (nSPS) is 15.1. The molecule has 1 fully saturated rings. The van der Waals surface area contributed by atoms with Gasteiger partial charge in [-0.1, -0.05) is 31.4 Å². The van der Waals surface area contributed by atoms with Crippen molar-refractivity contribution in [2.45, 2.75) is 56.8 Å². The van der Waals surface area contributed by atoms with E-state index in [1.807, 2.05) is 26.0 Å². The topological polar surface area (TPSA) is 66.5 Å². The van der Waals surface area contributed by atoms with E-state index < -0.39 is 10.0 Å². The number of nitrogens with one attached hydrogen (secondary N) is 1. The number of hydrogen-bond donors (Lipinski definition) is 1. The highest BCUT2D eigenvalue weighted by Crippen LogP contribution is 2.33. The summed E-state index contributed by atoms with van der Waals surface area (Å²) in [6.07, 6.45) is 6.16. The molecule has 29 heavy (non-hydrogen) atoms. The Morgan fingerprint density at radius 2 is 1.52 bits per heavy atom. The van der Waals surface area contributed by atoms with Crippen LogP contribution in [0.25, 0.3) is 0 Å². The molecule has 1 aliphatic rings. The maximum absolute atomic E-state index is 12.7. The zero-order chi connectivity index (χ0) is 20.9. The van der Waals surface area contributed by atoms with E-state index in [1.165, 1.54) is 37.7 Å². The Labute approximate surface area is 174 Å². The van der Waals surface area contributed by atoms with Gasteiger partial charge in [0.2, 0.25) is 0 Å². The summed E-state index contributed by atoms with van der Waals surface area (Å²) in [5.74, 6) is 0.493. The summed E-state index contributed by atoms with van der Waals surface area (Å²) < 4.78 is 28.0. The van der Waals surface area contributed by atoms with Crippen LogP contribution in [0.4, 0.5) is 5.69 Å². The number of sulfonamides is 1. The number of rotatable bonds is 7. The summed E-state index contributed by atoms with van der Waals surface area (Å²) in [6.45, 7) is 5.15. The van der Waals surface area contributed by atoms with E-state index in [4.69, 9.17) is 0 Å². The number of benzene rings is 2. The van der Waals surface area contributed by atoms with Gasteiger partial charge < -0.3 is 4.90 Å². The Balaban J connectivity index is 1.69. The van der Waals surface area contributed by atoms with E-state index >= 15 is 0 Å². The van der Waals surface area contributed by atoms with Crippen LogP contribution in [-0.2, 0) is 10.0 Å². The van der Waals surface area contributed by atoms with Crippen molar-refractivity contribution < 1.29 is 13.2 Å². The minimum atomic E-state index is -3.66. The van der Waals surface area contributed by atoms with Gasteiger partial charge in [0.1, 0.15) is 0 Å². The summed E-state index contributed by atoms with van der Waals surface area (Å²) in [6, 6.07) is 13.8. The fraction of sp³-hybridized carbons (Fsp3) is 0.435. The first kappa shape index (κ1) is 21.4. The lowest BCUT2D eigenvalue weighted by Gasteiger charge is -2.22. The lowest BCUT2D eigenvalue weighted by molar-refractivity contribution is 0.0773. The number of anilines is 1. The van der Waals surface area contributed by atoms with E-state index in [1.54, 1.807) is 41.3 Å². The van der Waals surface area contributed by atoms with Gasteiger partial charge >= 0.3 is 0 Å². The molecule has 0 saturated heterocycles. The minimum Gasteiger partial charge on any atom is -0.339 e. The van der Waals surface area contributed by atoms with E-state index in [0.29, 0.717) is 30.3 Å². The van der Waals surface area contributed by atoms with Crippen LogP contribution < -0.4 is 4.72 Å². The molecule has 5 nitrogen and oxygen atoms in total. The van der Waals surface area contributed by atoms with Crippen LogP contribution in [0.5, 0.6) is 0 Å². The van der Waals surface area contributed by atoms with Crippen molar-refractivity contribution >= 4 is 21.6 Å². The van der Waals surface area contributed by atoms with Crippen molar-refractivity contribution in [3.05, 3.63) is 59.7 Å². The zero-order valence-corrected chi connectivity index (χ0v) is 18.0. The Hall–Kier alpha value is -2.34. The first-order valence-electron chi connectivity index (χ1n) is 10.5. The van der Waals surface area contributed by atoms with Crippen LogP contribution in [0, 0.1) is 0 Å². The third-order valence-corrected chi connectivity index (χ3v) is 7.10. The summed E-state index contributed by atoms with van der Waals surface area (Å²) in [5, 5.41) is 0. The summed E-state index contributed by atoms with van der Waals surface area (Å²) in [5.41, 5.74) is 2.22. The van der Waals surface area contributed by atoms with Gasteiger partial charge in [-0.3, -0.25) is 9.52 Å². The molecule has 0 unspecified atom stereocenters. The highest BCUT2D eigenvalue weighted by Gasteiger charge is 2.19. The van der Waals surface area contributed by atoms with Gasteiger partial charge in [-0.05, 0) is 74.6 Å². The second-order valence-corrected chi connectivity index (χ2v) is 9.25. The summed E-state index contributed by atoms with van der Waals surface area (Å²) in [7, 11) is -3.66. The molecule has 1 aliphatic carbocycles. The Bertz CT molecular complexity index is 912. The molecule has 0 aromatic heterocycles. The maximum Gasteiger partial charge on any atom is 0.261 e. The largest absolute Gasteiger partial charge is 0.339 e. The average molecular weight is 415 g/mol. The zero-order valence-electron chi connectivity index (χ0n) is 17.2. The van der Waals surface area contributed by atoms with Crippen molar-refractivity contribution in [2.24, 2.45) is 0 Å². The molecule has 1 saturated carbocycles. The second-order valence-electron chi connectivity index (χ2n) is 7.56. The Morgan fingerprint density at radius 3 is 2.07 bits per heavy atom. The third kappa shape index (κ3) is 5.18. The number of amides is 1. The summed E-state index contributed by atoms with van der Waals surface area (Å²) >= 11 is 0. The molecule has 1 amide bonds. The highest BCUT2D eigenvalue weighted by molar-refractivity contribution is 7.92. The van der Waals surface area contributed by atoms with E-state index in [-0.39, 0.29) is 10.8 Å². The molecule has 0 heterocycles. The van der Waals surface area contributed by atoms with Crippen molar-refractivity contribution in [3.8, 4) is 0 Å². The Morgan fingerprint density at radius 1 is 0.931 bits per heavy atom. The van der Waals surface area contributed by atoms with Gasteiger partial charge in [0.05, 0.1) is 4.90 Å². The molecule has 2 aromatic rings. The minimum absolute atomic E-state index is 0.0530. The van der Waals surface area contributed by atoms with Crippen LogP contribution in [-0.4, -0.2) is 32.3 Å². The standard InChI is InChI=1S/C23H30N2O3S/c1-3-25(4-2)23(26)20-10-14-21(15-11-20)24-29(27,28)22-16-12-19(13-17-22)18-8-6-5-7-9-18/h10-18,24H,3-9H2,1-2H3. The van der Waals surface area contributed by atoms with E-state index in [9.17, 15) is 13.2 Å². The van der Waals surface area contributed by atoms with Gasteiger partial charge in [-0.15, -0.1) is 0 Å². The van der Waals surface area contributed by atoms with Crippen LogP contribution in [0.15, 0.2) is 53.4 Å². The fourth-order valence-electron chi connectivity index (χ4n) is 3.94. The summed E-state index contributed by atoms with van der Waals surface area (Å²) in [4.78, 5) is 14.4. The van der Waals surface area contributed by atoms with Crippen LogP contribution in [0.3, 0.4) is 0 Å². The van der Waals surface area contributed by atoms with Gasteiger partial charge in [0.25, 0.3) is 15.9 Å². The third-order valence-electron chi connectivity index (χ3n) is 5.70. The monoisotopic (exact) mass is 414 g/mol. The lowest BCUT2D eigenvalue weighted by atomic mass is 9.84. The number of hydrogen-bond acceptors (Lipinski definition) is 3. The first-order chi connectivity index (χ1) is 13.9. The first-order valence-corrected chi connectivity index (χ1v) is 11.9. The molecule has 3 rings (SSSR count). The van der Waals surface area contributed by atoms with Crippen molar-refractivity contribution in [1.82, 2.24) is 4.90 Å². The van der Waals surface area contributed by atoms with Crippen LogP contribution in [0.2, 0.25) is 0 Å². The SMILES string of the molecule is CCN(CC)C(=O)c1ccc(NS(=O)(=O)c2ccc(C3CCCCC3)cc2)cc1. The average Bonchev–Trinajstić information content (AvgIpc) is 2.75. The molecule has 0 atom stereocenters. The highest BCUT2D eigenvalue weighted by atomic mass is 32.2. The van der Waals surface area contributed by atoms with Crippen molar-refractivity contribution in [1.29, 1.82) is 0 Å². The fourth-order valence-corrected chi connectivity index (χ4v) is 5.00. The smallest absolute Gasteiger partial charge is 0.261 e. The molecule has 0 aliphatic heterocycles. The molecule has 0 radical (unpaired) electrons. The van der Waals surface area contributed by atoms with Gasteiger partial charge in [-0.2, -0.15) is 0 Å². The maximum atomic E-state index is 12.7. The van der Waals surface area contributed by atoms with Crippen LogP contribution in [0.1, 0.15) is 67.8 Å². The number of carbonyl (C=O) groups excluding carboxylic acids is 1. The lowest BCUT2D eigenvalue weighted by Crippen LogP contribution is -2.30. The predicted octanol–water partition coefficient (Wildman–Crippen LogP) is 5.02.